The molecule has 0 saturated heterocycles. The number of carbonyl (C=O) groups is 1. The van der Waals surface area contributed by atoms with Crippen molar-refractivity contribution in [1.82, 2.24) is 0 Å². The fourth-order valence-corrected chi connectivity index (χ4v) is 1.57. The van der Waals surface area contributed by atoms with E-state index >= 15 is 0 Å². The summed E-state index contributed by atoms with van der Waals surface area (Å²) < 4.78 is 39.7. The third-order valence-corrected chi connectivity index (χ3v) is 2.37. The summed E-state index contributed by atoms with van der Waals surface area (Å²) in [5, 5.41) is 0. The van der Waals surface area contributed by atoms with Crippen molar-refractivity contribution in [3.8, 4) is 0 Å². The highest BCUT2D eigenvalue weighted by Crippen LogP contribution is 2.21. The molecule has 2 nitrogen and oxygen atoms in total. The zero-order valence-electron chi connectivity index (χ0n) is 8.16. The van der Waals surface area contributed by atoms with Crippen LogP contribution in [0.25, 0.3) is 0 Å². The van der Waals surface area contributed by atoms with Crippen molar-refractivity contribution >= 4 is 17.7 Å². The lowest BCUT2D eigenvalue weighted by molar-refractivity contribution is -0.169. The van der Waals surface area contributed by atoms with Gasteiger partial charge < -0.3 is 4.74 Å². The first-order chi connectivity index (χ1) is 7.47. The minimum Gasteiger partial charge on any atom is -0.454 e. The molecule has 0 aliphatic heterocycles. The van der Waals surface area contributed by atoms with E-state index in [2.05, 4.69) is 4.74 Å². The lowest BCUT2D eigenvalue weighted by atomic mass is 10.4. The van der Waals surface area contributed by atoms with Crippen LogP contribution in [0.15, 0.2) is 35.2 Å². The molecular formula is C10H9F3O2S. The largest absolute Gasteiger partial charge is 0.454 e. The average Bonchev–Trinajstić information content (AvgIpc) is 2.16. The summed E-state index contributed by atoms with van der Waals surface area (Å²) >= 11 is 1.16. The van der Waals surface area contributed by atoms with E-state index in [1.807, 2.05) is 6.07 Å². The summed E-state index contributed by atoms with van der Waals surface area (Å²) in [4.78, 5) is 11.5. The Hall–Kier alpha value is -1.17. The normalized spacial score (nSPS) is 11.2. The van der Waals surface area contributed by atoms with E-state index in [1.54, 1.807) is 24.3 Å². The summed E-state index contributed by atoms with van der Waals surface area (Å²) in [7, 11) is 0. The lowest BCUT2D eigenvalue weighted by Crippen LogP contribution is -2.16. The monoisotopic (exact) mass is 250 g/mol. The van der Waals surface area contributed by atoms with Crippen LogP contribution in [0.1, 0.15) is 6.42 Å². The third-order valence-electron chi connectivity index (χ3n) is 1.53. The molecule has 1 aromatic rings. The summed E-state index contributed by atoms with van der Waals surface area (Å²) in [6.45, 7) is 0. The number of ether oxygens (including phenoxy) is 1. The number of thioether (sulfide) groups is 1. The zero-order chi connectivity index (χ0) is 12.0. The van der Waals surface area contributed by atoms with Gasteiger partial charge in [-0.3, -0.25) is 4.79 Å². The average molecular weight is 250 g/mol. The molecule has 0 N–H and O–H groups in total. The van der Waals surface area contributed by atoms with E-state index in [0.717, 1.165) is 16.7 Å². The number of benzene rings is 1. The van der Waals surface area contributed by atoms with E-state index in [-0.39, 0.29) is 5.94 Å². The minimum absolute atomic E-state index is 0.112. The van der Waals surface area contributed by atoms with E-state index in [1.165, 1.54) is 0 Å². The van der Waals surface area contributed by atoms with Gasteiger partial charge in [-0.05, 0) is 12.1 Å². The first kappa shape index (κ1) is 12.9. The van der Waals surface area contributed by atoms with Crippen LogP contribution in [0, 0.1) is 0 Å². The van der Waals surface area contributed by atoms with Gasteiger partial charge in [0.05, 0.1) is 0 Å². The topological polar surface area (TPSA) is 26.3 Å². The maximum Gasteiger partial charge on any atom is 0.399 e. The van der Waals surface area contributed by atoms with Gasteiger partial charge in [-0.2, -0.15) is 13.2 Å². The molecule has 0 heterocycles. The van der Waals surface area contributed by atoms with Crippen molar-refractivity contribution in [3.05, 3.63) is 30.3 Å². The molecule has 0 aliphatic rings. The van der Waals surface area contributed by atoms with Gasteiger partial charge in [0.1, 0.15) is 12.4 Å². The predicted molar refractivity (Wildman–Crippen MR) is 53.9 cm³/mol. The smallest absolute Gasteiger partial charge is 0.399 e. The first-order valence-electron chi connectivity index (χ1n) is 4.37. The van der Waals surface area contributed by atoms with Gasteiger partial charge in [0, 0.05) is 4.90 Å². The van der Waals surface area contributed by atoms with E-state index in [4.69, 9.17) is 0 Å². The number of esters is 1. The molecule has 0 radical (unpaired) electrons. The second-order valence-electron chi connectivity index (χ2n) is 2.88. The van der Waals surface area contributed by atoms with E-state index < -0.39 is 18.6 Å². The molecule has 0 aliphatic carbocycles. The number of hydrogen-bond acceptors (Lipinski definition) is 3. The quantitative estimate of drug-likeness (QED) is 0.466. The van der Waals surface area contributed by atoms with Crippen LogP contribution >= 0.6 is 11.8 Å². The molecule has 1 rings (SSSR count). The molecule has 0 aromatic heterocycles. The fourth-order valence-electron chi connectivity index (χ4n) is 0.895. The maximum absolute atomic E-state index is 11.7. The molecule has 0 atom stereocenters. The van der Waals surface area contributed by atoms with Gasteiger partial charge in [0.25, 0.3) is 0 Å². The molecule has 0 amide bonds. The Balaban J connectivity index is 2.24. The Bertz CT molecular complexity index is 338. The molecule has 6 heteroatoms. The van der Waals surface area contributed by atoms with Crippen LogP contribution in [0.4, 0.5) is 13.2 Å². The molecule has 0 saturated carbocycles. The highest BCUT2D eigenvalue weighted by molar-refractivity contribution is 7.99. The molecule has 0 spiro atoms. The van der Waals surface area contributed by atoms with Crippen LogP contribution in [0.5, 0.6) is 0 Å². The van der Waals surface area contributed by atoms with Crippen LogP contribution in [-0.2, 0) is 9.53 Å². The Morgan fingerprint density at radius 2 is 1.88 bits per heavy atom. The third kappa shape index (κ3) is 5.65. The second-order valence-corrected chi connectivity index (χ2v) is 3.88. The van der Waals surface area contributed by atoms with Crippen molar-refractivity contribution in [2.24, 2.45) is 0 Å². The Kier molecular flexibility index (Phi) is 4.67. The first-order valence-corrected chi connectivity index (χ1v) is 5.36. The van der Waals surface area contributed by atoms with Crippen molar-refractivity contribution in [3.63, 3.8) is 0 Å². The van der Waals surface area contributed by atoms with Gasteiger partial charge in [-0.1, -0.05) is 30.0 Å². The van der Waals surface area contributed by atoms with Crippen molar-refractivity contribution in [1.29, 1.82) is 0 Å². The van der Waals surface area contributed by atoms with Crippen LogP contribution in [-0.4, -0.2) is 18.1 Å². The number of hydrogen-bond donors (Lipinski definition) is 0. The SMILES string of the molecule is O=C(CC(F)(F)F)OCSc1ccccc1. The van der Waals surface area contributed by atoms with Crippen molar-refractivity contribution in [2.45, 2.75) is 17.5 Å². The summed E-state index contributed by atoms with van der Waals surface area (Å²) in [6.07, 6.45) is -6.04. The highest BCUT2D eigenvalue weighted by Gasteiger charge is 2.32. The highest BCUT2D eigenvalue weighted by atomic mass is 32.2. The van der Waals surface area contributed by atoms with Gasteiger partial charge in [-0.25, -0.2) is 0 Å². The van der Waals surface area contributed by atoms with Crippen LogP contribution < -0.4 is 0 Å². The van der Waals surface area contributed by atoms with Crippen molar-refractivity contribution in [2.75, 3.05) is 5.94 Å². The number of carbonyl (C=O) groups excluding carboxylic acids is 1. The maximum atomic E-state index is 11.7. The Labute approximate surface area is 94.8 Å². The fraction of sp³-hybridized carbons (Fsp3) is 0.300. The predicted octanol–water partition coefficient (Wildman–Crippen LogP) is 3.23. The Morgan fingerprint density at radius 1 is 1.25 bits per heavy atom. The second kappa shape index (κ2) is 5.79. The molecular weight excluding hydrogens is 241 g/mol. The molecule has 0 unspecified atom stereocenters. The van der Waals surface area contributed by atoms with Gasteiger partial charge in [-0.15, -0.1) is 0 Å². The lowest BCUT2D eigenvalue weighted by Gasteiger charge is -2.06. The standard InChI is InChI=1S/C10H9F3O2S/c11-10(12,13)6-9(14)15-7-16-8-4-2-1-3-5-8/h1-5H,6-7H2. The summed E-state index contributed by atoms with van der Waals surface area (Å²) in [5.74, 6) is -1.37. The molecule has 0 bridgehead atoms. The van der Waals surface area contributed by atoms with Gasteiger partial charge in [0.2, 0.25) is 0 Å². The molecule has 1 aromatic carbocycles. The number of halogens is 3. The summed E-state index contributed by atoms with van der Waals surface area (Å²) in [6, 6.07) is 8.96. The van der Waals surface area contributed by atoms with Crippen LogP contribution in [0.2, 0.25) is 0 Å². The van der Waals surface area contributed by atoms with Gasteiger partial charge in [0.15, 0.2) is 0 Å². The van der Waals surface area contributed by atoms with Gasteiger partial charge >= 0.3 is 12.1 Å². The minimum atomic E-state index is -4.51. The summed E-state index contributed by atoms with van der Waals surface area (Å²) in [5.41, 5.74) is 0. The van der Waals surface area contributed by atoms with Crippen LogP contribution in [0.3, 0.4) is 0 Å². The van der Waals surface area contributed by atoms with E-state index in [0.29, 0.717) is 0 Å². The Morgan fingerprint density at radius 3 is 2.44 bits per heavy atom. The molecule has 16 heavy (non-hydrogen) atoms. The van der Waals surface area contributed by atoms with E-state index in [9.17, 15) is 18.0 Å². The molecule has 0 fully saturated rings. The van der Waals surface area contributed by atoms with Crippen molar-refractivity contribution < 1.29 is 22.7 Å². The number of rotatable bonds is 4. The number of alkyl halides is 3. The molecule has 88 valence electrons. The zero-order valence-corrected chi connectivity index (χ0v) is 8.98.